The molecule has 1 amide bonds. The van der Waals surface area contributed by atoms with Crippen LogP contribution in [-0.2, 0) is 6.42 Å². The van der Waals surface area contributed by atoms with E-state index >= 15 is 0 Å². The maximum Gasteiger partial charge on any atom is 0.256 e. The molecule has 0 saturated carbocycles. The molecule has 0 bridgehead atoms. The van der Waals surface area contributed by atoms with Crippen LogP contribution in [-0.4, -0.2) is 21.0 Å². The fourth-order valence-electron chi connectivity index (χ4n) is 2.58. The molecule has 0 unspecified atom stereocenters. The number of benzene rings is 1. The Morgan fingerprint density at radius 1 is 1.23 bits per heavy atom. The second-order valence-electron chi connectivity index (χ2n) is 5.90. The van der Waals surface area contributed by atoms with E-state index in [1.54, 1.807) is 36.7 Å². The first-order chi connectivity index (χ1) is 12.6. The number of hydrogen-bond donors (Lipinski definition) is 1. The molecule has 0 aliphatic rings. The third kappa shape index (κ3) is 2.95. The van der Waals surface area contributed by atoms with E-state index in [-0.39, 0.29) is 5.91 Å². The Morgan fingerprint density at radius 2 is 2.12 bits per heavy atom. The van der Waals surface area contributed by atoms with Crippen LogP contribution in [0.4, 0.5) is 5.82 Å². The zero-order valence-electron chi connectivity index (χ0n) is 14.3. The van der Waals surface area contributed by atoms with Crippen LogP contribution in [0, 0.1) is 6.92 Å². The Morgan fingerprint density at radius 3 is 2.85 bits per heavy atom. The van der Waals surface area contributed by atoms with Crippen LogP contribution in [0.15, 0.2) is 51.7 Å². The van der Waals surface area contributed by atoms with E-state index in [2.05, 4.69) is 20.4 Å². The molecule has 0 fully saturated rings. The molecule has 1 N–H and O–H groups in total. The molecule has 0 saturated heterocycles. The maximum absolute atomic E-state index is 12.5. The number of aromatic nitrogens is 3. The van der Waals surface area contributed by atoms with Gasteiger partial charge in [0.2, 0.25) is 0 Å². The zero-order valence-corrected chi connectivity index (χ0v) is 14.3. The van der Waals surface area contributed by atoms with Gasteiger partial charge in [0.25, 0.3) is 5.91 Å². The van der Waals surface area contributed by atoms with Crippen LogP contribution in [0.25, 0.3) is 22.4 Å². The second kappa shape index (κ2) is 6.44. The maximum atomic E-state index is 12.5. The normalized spacial score (nSPS) is 11.0. The first kappa shape index (κ1) is 16.0. The molecule has 0 aliphatic heterocycles. The third-order valence-corrected chi connectivity index (χ3v) is 3.98. The second-order valence-corrected chi connectivity index (χ2v) is 5.90. The number of anilines is 1. The van der Waals surface area contributed by atoms with Crippen LogP contribution in [0.3, 0.4) is 0 Å². The van der Waals surface area contributed by atoms with Crippen LogP contribution in [0.1, 0.15) is 28.7 Å². The topological polar surface area (TPSA) is 94.0 Å². The minimum atomic E-state index is -0.259. The number of nitrogens with zero attached hydrogens (tertiary/aromatic N) is 3. The highest BCUT2D eigenvalue weighted by Gasteiger charge is 2.17. The molecule has 4 rings (SSSR count). The summed E-state index contributed by atoms with van der Waals surface area (Å²) in [5.74, 6) is 0.857. The molecular weight excluding hydrogens is 332 g/mol. The van der Waals surface area contributed by atoms with Gasteiger partial charge in [-0.1, -0.05) is 18.1 Å². The summed E-state index contributed by atoms with van der Waals surface area (Å²) in [6.07, 6.45) is 3.93. The number of carbonyl (C=O) groups is 1. The highest BCUT2D eigenvalue weighted by molar-refractivity contribution is 6.06. The highest BCUT2D eigenvalue weighted by atomic mass is 16.5. The lowest BCUT2D eigenvalue weighted by Crippen LogP contribution is -2.12. The Kier molecular flexibility index (Phi) is 3.96. The van der Waals surface area contributed by atoms with Crippen molar-refractivity contribution in [2.75, 3.05) is 5.32 Å². The minimum absolute atomic E-state index is 0.259. The SMILES string of the molecule is CCc1nc(-c2noc3ccc(C(=O)Nc4ccc(C)cn4)cc23)co1. The lowest BCUT2D eigenvalue weighted by atomic mass is 10.1. The van der Waals surface area contributed by atoms with Crippen molar-refractivity contribution in [3.05, 3.63) is 59.8 Å². The van der Waals surface area contributed by atoms with Gasteiger partial charge in [0.05, 0.1) is 5.39 Å². The molecule has 7 heteroatoms. The van der Waals surface area contributed by atoms with Crippen LogP contribution in [0.2, 0.25) is 0 Å². The summed E-state index contributed by atoms with van der Waals surface area (Å²) in [5.41, 5.74) is 3.21. The van der Waals surface area contributed by atoms with Gasteiger partial charge in [0, 0.05) is 18.2 Å². The number of fused-ring (bicyclic) bond motifs is 1. The third-order valence-electron chi connectivity index (χ3n) is 3.98. The molecule has 3 aromatic heterocycles. The minimum Gasteiger partial charge on any atom is -0.448 e. The average Bonchev–Trinajstić information content (AvgIpc) is 3.29. The number of hydrogen-bond acceptors (Lipinski definition) is 6. The number of rotatable bonds is 4. The largest absolute Gasteiger partial charge is 0.448 e. The summed E-state index contributed by atoms with van der Waals surface area (Å²) in [4.78, 5) is 21.1. The first-order valence-corrected chi connectivity index (χ1v) is 8.22. The van der Waals surface area contributed by atoms with E-state index < -0.39 is 0 Å². The van der Waals surface area contributed by atoms with Gasteiger partial charge < -0.3 is 14.3 Å². The van der Waals surface area contributed by atoms with Crippen molar-refractivity contribution in [1.29, 1.82) is 0 Å². The van der Waals surface area contributed by atoms with E-state index in [1.807, 2.05) is 19.9 Å². The van der Waals surface area contributed by atoms with Crippen molar-refractivity contribution < 1.29 is 13.7 Å². The van der Waals surface area contributed by atoms with Gasteiger partial charge >= 0.3 is 0 Å². The molecular formula is C19H16N4O3. The van der Waals surface area contributed by atoms with Crippen molar-refractivity contribution in [3.63, 3.8) is 0 Å². The van der Waals surface area contributed by atoms with Gasteiger partial charge in [-0.15, -0.1) is 0 Å². The number of aryl methyl sites for hydroxylation is 2. The Balaban J connectivity index is 1.67. The summed E-state index contributed by atoms with van der Waals surface area (Å²) in [6, 6.07) is 8.77. The molecule has 0 radical (unpaired) electrons. The predicted octanol–water partition coefficient (Wildman–Crippen LogP) is 4.00. The van der Waals surface area contributed by atoms with E-state index in [1.165, 1.54) is 0 Å². The van der Waals surface area contributed by atoms with Crippen LogP contribution >= 0.6 is 0 Å². The molecule has 0 spiro atoms. The highest BCUT2D eigenvalue weighted by Crippen LogP contribution is 2.28. The molecule has 7 nitrogen and oxygen atoms in total. The van der Waals surface area contributed by atoms with E-state index in [0.717, 1.165) is 5.56 Å². The van der Waals surface area contributed by atoms with Crippen molar-refractivity contribution >= 4 is 22.7 Å². The summed E-state index contributed by atoms with van der Waals surface area (Å²) in [7, 11) is 0. The van der Waals surface area contributed by atoms with Gasteiger partial charge in [-0.25, -0.2) is 9.97 Å². The number of pyridine rings is 1. The molecule has 26 heavy (non-hydrogen) atoms. The predicted molar refractivity (Wildman–Crippen MR) is 95.8 cm³/mol. The standard InChI is InChI=1S/C19H16N4O3/c1-3-17-21-14(10-25-17)18-13-8-12(5-6-15(13)26-23-18)19(24)22-16-7-4-11(2)9-20-16/h4-10H,3H2,1-2H3,(H,20,22,24). The molecule has 130 valence electrons. The molecule has 1 aromatic carbocycles. The van der Waals surface area contributed by atoms with Gasteiger partial charge in [-0.2, -0.15) is 0 Å². The van der Waals surface area contributed by atoms with Crippen LogP contribution < -0.4 is 5.32 Å². The molecule has 3 heterocycles. The number of nitrogens with one attached hydrogen (secondary N) is 1. The average molecular weight is 348 g/mol. The summed E-state index contributed by atoms with van der Waals surface area (Å²) in [6.45, 7) is 3.89. The number of amides is 1. The van der Waals surface area contributed by atoms with Gasteiger partial charge in [-0.3, -0.25) is 4.79 Å². The zero-order chi connectivity index (χ0) is 18.1. The number of carbonyl (C=O) groups excluding carboxylic acids is 1. The summed E-state index contributed by atoms with van der Waals surface area (Å²) in [5, 5.41) is 7.54. The molecule has 0 atom stereocenters. The van der Waals surface area contributed by atoms with Gasteiger partial charge in [0.15, 0.2) is 11.5 Å². The smallest absolute Gasteiger partial charge is 0.256 e. The quantitative estimate of drug-likeness (QED) is 0.599. The van der Waals surface area contributed by atoms with Crippen LogP contribution in [0.5, 0.6) is 0 Å². The fourth-order valence-corrected chi connectivity index (χ4v) is 2.58. The van der Waals surface area contributed by atoms with Crippen molar-refractivity contribution in [2.45, 2.75) is 20.3 Å². The lowest BCUT2D eigenvalue weighted by molar-refractivity contribution is 0.102. The summed E-state index contributed by atoms with van der Waals surface area (Å²) >= 11 is 0. The van der Waals surface area contributed by atoms with Crippen molar-refractivity contribution in [1.82, 2.24) is 15.1 Å². The van der Waals surface area contributed by atoms with E-state index in [9.17, 15) is 4.79 Å². The monoisotopic (exact) mass is 348 g/mol. The van der Waals surface area contributed by atoms with E-state index in [4.69, 9.17) is 8.94 Å². The molecule has 4 aromatic rings. The first-order valence-electron chi connectivity index (χ1n) is 8.22. The lowest BCUT2D eigenvalue weighted by Gasteiger charge is -2.04. The summed E-state index contributed by atoms with van der Waals surface area (Å²) < 4.78 is 10.7. The number of oxazole rings is 1. The van der Waals surface area contributed by atoms with Gasteiger partial charge in [0.1, 0.15) is 23.5 Å². The Hall–Kier alpha value is -3.48. The van der Waals surface area contributed by atoms with Crippen molar-refractivity contribution in [3.8, 4) is 11.4 Å². The van der Waals surface area contributed by atoms with E-state index in [0.29, 0.717) is 46.0 Å². The Labute approximate surface area is 149 Å². The van der Waals surface area contributed by atoms with Gasteiger partial charge in [-0.05, 0) is 36.8 Å². The molecule has 0 aliphatic carbocycles. The Bertz CT molecular complexity index is 1080. The van der Waals surface area contributed by atoms with Crippen molar-refractivity contribution in [2.24, 2.45) is 0 Å². The fraction of sp³-hybridized carbons (Fsp3) is 0.158.